The van der Waals surface area contributed by atoms with E-state index in [1.807, 2.05) is 51.1 Å². The Morgan fingerprint density at radius 2 is 1.83 bits per heavy atom. The van der Waals surface area contributed by atoms with E-state index < -0.39 is 17.7 Å². The predicted octanol–water partition coefficient (Wildman–Crippen LogP) is 6.52. The molecule has 1 saturated heterocycles. The molecule has 0 spiro atoms. The number of nitrogens with one attached hydrogen (secondary N) is 1. The van der Waals surface area contributed by atoms with Crippen LogP contribution in [0.2, 0.25) is 0 Å². The summed E-state index contributed by atoms with van der Waals surface area (Å²) in [5.74, 6) is -0.855. The van der Waals surface area contributed by atoms with E-state index in [1.54, 1.807) is 24.1 Å². The van der Waals surface area contributed by atoms with Gasteiger partial charge in [0.25, 0.3) is 0 Å². The number of piperidine rings is 1. The fourth-order valence-corrected chi connectivity index (χ4v) is 5.39. The maximum Gasteiger partial charge on any atom is 0.410 e. The highest BCUT2D eigenvalue weighted by Gasteiger charge is 2.44. The molecule has 1 N–H and O–H groups in total. The topological polar surface area (TPSA) is 50.8 Å². The number of rotatable bonds is 5. The first kappa shape index (κ1) is 26.3. The molecular formula is C28H35F3N2O3. The molecule has 5 nitrogen and oxygen atoms in total. The van der Waals surface area contributed by atoms with Gasteiger partial charge in [-0.05, 0) is 75.3 Å². The summed E-state index contributed by atoms with van der Waals surface area (Å²) in [7, 11) is 1.54. The number of methoxy groups -OCH3 is 1. The van der Waals surface area contributed by atoms with Crippen LogP contribution in [0.1, 0.15) is 74.2 Å². The molecule has 36 heavy (non-hydrogen) atoms. The van der Waals surface area contributed by atoms with Crippen molar-refractivity contribution in [2.24, 2.45) is 0 Å². The van der Waals surface area contributed by atoms with Gasteiger partial charge in [-0.2, -0.15) is 13.2 Å². The number of hydrogen-bond acceptors (Lipinski definition) is 4. The first-order chi connectivity index (χ1) is 17.0. The van der Waals surface area contributed by atoms with Crippen molar-refractivity contribution < 1.29 is 27.4 Å². The first-order valence-electron chi connectivity index (χ1n) is 12.5. The van der Waals surface area contributed by atoms with Gasteiger partial charge in [0, 0.05) is 24.7 Å². The van der Waals surface area contributed by atoms with Crippen LogP contribution in [0.3, 0.4) is 0 Å². The molecule has 1 aliphatic heterocycles. The molecule has 0 aromatic heterocycles. The number of amides is 1. The zero-order valence-electron chi connectivity index (χ0n) is 21.3. The molecule has 2 aromatic carbocycles. The number of alkyl halides is 3. The van der Waals surface area contributed by atoms with E-state index in [4.69, 9.17) is 9.47 Å². The minimum absolute atomic E-state index is 0.0718. The van der Waals surface area contributed by atoms with E-state index in [-0.39, 0.29) is 24.6 Å². The molecule has 3 unspecified atom stereocenters. The van der Waals surface area contributed by atoms with Crippen molar-refractivity contribution in [2.75, 3.05) is 13.7 Å². The Balaban J connectivity index is 1.60. The highest BCUT2D eigenvalue weighted by Crippen LogP contribution is 2.46. The van der Waals surface area contributed by atoms with Crippen molar-refractivity contribution in [3.05, 3.63) is 64.7 Å². The summed E-state index contributed by atoms with van der Waals surface area (Å²) in [4.78, 5) is 14.9. The molecule has 0 radical (unpaired) electrons. The molecule has 0 bridgehead atoms. The second-order valence-electron chi connectivity index (χ2n) is 10.7. The number of halogens is 3. The van der Waals surface area contributed by atoms with Crippen molar-refractivity contribution in [2.45, 2.75) is 82.8 Å². The van der Waals surface area contributed by atoms with Gasteiger partial charge in [0.1, 0.15) is 11.4 Å². The Labute approximate surface area is 211 Å². The van der Waals surface area contributed by atoms with Gasteiger partial charge in [-0.3, -0.25) is 4.90 Å². The lowest BCUT2D eigenvalue weighted by molar-refractivity contribution is -0.149. The van der Waals surface area contributed by atoms with Crippen LogP contribution in [-0.4, -0.2) is 42.5 Å². The third-order valence-electron chi connectivity index (χ3n) is 6.97. The van der Waals surface area contributed by atoms with Crippen LogP contribution in [0.25, 0.3) is 0 Å². The second kappa shape index (κ2) is 10.3. The number of fused-ring (bicyclic) bond motifs is 1. The van der Waals surface area contributed by atoms with Gasteiger partial charge in [0.05, 0.1) is 19.1 Å². The number of carbonyl (C=O) groups excluding carboxylic acids is 1. The molecule has 0 saturated carbocycles. The molecule has 2 aromatic rings. The van der Waals surface area contributed by atoms with E-state index in [2.05, 4.69) is 5.32 Å². The summed E-state index contributed by atoms with van der Waals surface area (Å²) >= 11 is 0. The largest absolute Gasteiger partial charge is 0.496 e. The summed E-state index contributed by atoms with van der Waals surface area (Å²) in [6, 6.07) is 12.8. The van der Waals surface area contributed by atoms with Gasteiger partial charge in [-0.15, -0.1) is 0 Å². The average molecular weight is 505 g/mol. The molecule has 3 atom stereocenters. The van der Waals surface area contributed by atoms with Crippen LogP contribution in [0.4, 0.5) is 18.0 Å². The molecule has 196 valence electrons. The van der Waals surface area contributed by atoms with Crippen LogP contribution < -0.4 is 10.1 Å². The maximum absolute atomic E-state index is 13.6. The Morgan fingerprint density at radius 3 is 2.47 bits per heavy atom. The molecule has 2 aliphatic rings. The molecule has 1 amide bonds. The fraction of sp³-hybridized carbons (Fsp3) is 0.536. The molecule has 1 fully saturated rings. The maximum atomic E-state index is 13.6. The standard InChI is InChI=1S/C28H35F3N2O3/c1-27(2,3)36-26(34)33-14-8-11-23(25(33)18-9-6-5-7-10-18)32-17-20-15-21-19(16-24(20)35-4)12-13-22(21)28(29,30)31/h5-7,9-10,15-16,22-23,25,32H,8,11-14,17H2,1-4H3. The van der Waals surface area contributed by atoms with Crippen molar-refractivity contribution in [1.29, 1.82) is 0 Å². The number of likely N-dealkylation sites (tertiary alicyclic amines) is 1. The number of hydrogen-bond donors (Lipinski definition) is 1. The van der Waals surface area contributed by atoms with Crippen molar-refractivity contribution in [3.8, 4) is 5.75 Å². The normalized spacial score (nSPS) is 22.3. The number of carbonyl (C=O) groups is 1. The molecule has 8 heteroatoms. The Bertz CT molecular complexity index is 1070. The summed E-state index contributed by atoms with van der Waals surface area (Å²) in [6.07, 6.45) is -2.56. The molecule has 1 aliphatic carbocycles. The Hall–Kier alpha value is -2.74. The van der Waals surface area contributed by atoms with Crippen LogP contribution in [-0.2, 0) is 17.7 Å². The smallest absolute Gasteiger partial charge is 0.410 e. The number of ether oxygens (including phenoxy) is 2. The quantitative estimate of drug-likeness (QED) is 0.504. The minimum Gasteiger partial charge on any atom is -0.496 e. The Kier molecular flexibility index (Phi) is 7.55. The highest BCUT2D eigenvalue weighted by molar-refractivity contribution is 5.69. The van der Waals surface area contributed by atoms with E-state index in [0.29, 0.717) is 42.0 Å². The number of benzene rings is 2. The van der Waals surface area contributed by atoms with Crippen LogP contribution >= 0.6 is 0 Å². The van der Waals surface area contributed by atoms with E-state index in [0.717, 1.165) is 18.4 Å². The summed E-state index contributed by atoms with van der Waals surface area (Å²) in [5, 5.41) is 3.54. The van der Waals surface area contributed by atoms with Gasteiger partial charge in [0.2, 0.25) is 0 Å². The number of aryl methyl sites for hydroxylation is 1. The van der Waals surface area contributed by atoms with Crippen molar-refractivity contribution >= 4 is 6.09 Å². The highest BCUT2D eigenvalue weighted by atomic mass is 19.4. The summed E-state index contributed by atoms with van der Waals surface area (Å²) in [6.45, 7) is 6.43. The molecule has 1 heterocycles. The van der Waals surface area contributed by atoms with Gasteiger partial charge in [0.15, 0.2) is 0 Å². The van der Waals surface area contributed by atoms with Gasteiger partial charge in [-0.1, -0.05) is 30.3 Å². The van der Waals surface area contributed by atoms with Gasteiger partial charge >= 0.3 is 12.3 Å². The monoisotopic (exact) mass is 504 g/mol. The lowest BCUT2D eigenvalue weighted by Crippen LogP contribution is -2.51. The zero-order chi connectivity index (χ0) is 26.1. The van der Waals surface area contributed by atoms with Crippen LogP contribution in [0.5, 0.6) is 5.75 Å². The molecular weight excluding hydrogens is 469 g/mol. The minimum atomic E-state index is -4.26. The first-order valence-corrected chi connectivity index (χ1v) is 12.5. The summed E-state index contributed by atoms with van der Waals surface area (Å²) in [5.41, 5.74) is 2.10. The van der Waals surface area contributed by atoms with Crippen molar-refractivity contribution in [3.63, 3.8) is 0 Å². The average Bonchev–Trinajstić information content (AvgIpc) is 3.24. The van der Waals surface area contributed by atoms with Gasteiger partial charge < -0.3 is 14.8 Å². The van der Waals surface area contributed by atoms with Gasteiger partial charge in [-0.25, -0.2) is 4.79 Å². The van der Waals surface area contributed by atoms with Crippen molar-refractivity contribution in [1.82, 2.24) is 10.2 Å². The van der Waals surface area contributed by atoms with Crippen LogP contribution in [0.15, 0.2) is 42.5 Å². The third kappa shape index (κ3) is 5.80. The lowest BCUT2D eigenvalue weighted by Gasteiger charge is -2.42. The third-order valence-corrected chi connectivity index (χ3v) is 6.97. The van der Waals surface area contributed by atoms with E-state index >= 15 is 0 Å². The summed E-state index contributed by atoms with van der Waals surface area (Å²) < 4.78 is 52.1. The van der Waals surface area contributed by atoms with E-state index in [1.165, 1.54) is 0 Å². The van der Waals surface area contributed by atoms with Crippen LogP contribution in [0, 0.1) is 0 Å². The molecule has 4 rings (SSSR count). The second-order valence-corrected chi connectivity index (χ2v) is 10.7. The van der Waals surface area contributed by atoms with E-state index in [9.17, 15) is 18.0 Å². The fourth-order valence-electron chi connectivity index (χ4n) is 5.39. The zero-order valence-corrected chi connectivity index (χ0v) is 21.3. The number of nitrogens with zero attached hydrogens (tertiary/aromatic N) is 1. The SMILES string of the molecule is COc1cc2c(cc1CNC1CCCN(C(=O)OC(C)(C)C)C1c1ccccc1)C(C(F)(F)F)CC2. The predicted molar refractivity (Wildman–Crippen MR) is 132 cm³/mol. The Morgan fingerprint density at radius 1 is 1.11 bits per heavy atom. The lowest BCUT2D eigenvalue weighted by atomic mass is 9.90.